The molecule has 1 amide bonds. The van der Waals surface area contributed by atoms with Crippen LogP contribution >= 0.6 is 0 Å². The average molecular weight is 244 g/mol. The van der Waals surface area contributed by atoms with E-state index in [0.29, 0.717) is 18.4 Å². The number of carbonyl (C=O) groups excluding carboxylic acids is 1. The second-order valence-electron chi connectivity index (χ2n) is 5.55. The Kier molecular flexibility index (Phi) is 3.08. The van der Waals surface area contributed by atoms with Gasteiger partial charge >= 0.3 is 0 Å². The molecule has 0 saturated heterocycles. The van der Waals surface area contributed by atoms with Crippen LogP contribution in [0.3, 0.4) is 0 Å². The summed E-state index contributed by atoms with van der Waals surface area (Å²) in [6.07, 6.45) is 3.42. The van der Waals surface area contributed by atoms with Gasteiger partial charge in [0, 0.05) is 18.5 Å². The van der Waals surface area contributed by atoms with Crippen LogP contribution in [0.2, 0.25) is 0 Å². The van der Waals surface area contributed by atoms with E-state index < -0.39 is 0 Å². The predicted octanol–water partition coefficient (Wildman–Crippen LogP) is 1.64. The van der Waals surface area contributed by atoms with Crippen LogP contribution in [-0.4, -0.2) is 18.5 Å². The van der Waals surface area contributed by atoms with Crippen LogP contribution in [0.4, 0.5) is 0 Å². The minimum Gasteiger partial charge on any atom is -0.352 e. The molecule has 0 aromatic heterocycles. The van der Waals surface area contributed by atoms with Crippen molar-refractivity contribution in [3.05, 3.63) is 35.9 Å². The molecule has 2 saturated carbocycles. The van der Waals surface area contributed by atoms with Gasteiger partial charge in [-0.05, 0) is 36.7 Å². The van der Waals surface area contributed by atoms with Gasteiger partial charge < -0.3 is 11.1 Å². The van der Waals surface area contributed by atoms with Crippen LogP contribution in [0.15, 0.2) is 30.3 Å². The monoisotopic (exact) mass is 244 g/mol. The van der Waals surface area contributed by atoms with Gasteiger partial charge in [0.2, 0.25) is 5.91 Å². The molecular weight excluding hydrogens is 224 g/mol. The lowest BCUT2D eigenvalue weighted by Gasteiger charge is -2.15. The largest absolute Gasteiger partial charge is 0.352 e. The average Bonchev–Trinajstić information content (AvgIpc) is 3.29. The molecule has 18 heavy (non-hydrogen) atoms. The number of carbonyl (C=O) groups is 1. The van der Waals surface area contributed by atoms with Gasteiger partial charge in [0.15, 0.2) is 0 Å². The molecule has 3 heteroatoms. The Hall–Kier alpha value is -1.35. The fourth-order valence-electron chi connectivity index (χ4n) is 2.71. The molecule has 2 aliphatic carbocycles. The third kappa shape index (κ3) is 2.41. The van der Waals surface area contributed by atoms with Crippen molar-refractivity contribution in [3.8, 4) is 0 Å². The summed E-state index contributed by atoms with van der Waals surface area (Å²) in [5.74, 6) is 1.42. The summed E-state index contributed by atoms with van der Waals surface area (Å²) >= 11 is 0. The zero-order valence-corrected chi connectivity index (χ0v) is 10.5. The molecule has 3 N–H and O–H groups in total. The smallest absolute Gasteiger partial charge is 0.224 e. The zero-order chi connectivity index (χ0) is 12.5. The highest BCUT2D eigenvalue weighted by atomic mass is 16.2. The van der Waals surface area contributed by atoms with Crippen molar-refractivity contribution in [2.45, 2.75) is 31.2 Å². The van der Waals surface area contributed by atoms with Gasteiger partial charge in [-0.2, -0.15) is 0 Å². The van der Waals surface area contributed by atoms with E-state index in [4.69, 9.17) is 5.73 Å². The molecule has 0 radical (unpaired) electrons. The van der Waals surface area contributed by atoms with Crippen LogP contribution in [0.1, 0.15) is 30.7 Å². The van der Waals surface area contributed by atoms with Gasteiger partial charge in [-0.1, -0.05) is 30.3 Å². The standard InChI is InChI=1S/C15H20N2O/c16-9-14(11-6-7-11)17-15(18)13-8-12(13)10-4-2-1-3-5-10/h1-5,11-14H,6-9,16H2,(H,17,18). The first kappa shape index (κ1) is 11.7. The van der Waals surface area contributed by atoms with Crippen molar-refractivity contribution < 1.29 is 4.79 Å². The van der Waals surface area contributed by atoms with E-state index in [1.165, 1.54) is 18.4 Å². The lowest BCUT2D eigenvalue weighted by atomic mass is 10.1. The topological polar surface area (TPSA) is 55.1 Å². The van der Waals surface area contributed by atoms with Gasteiger partial charge in [0.25, 0.3) is 0 Å². The van der Waals surface area contributed by atoms with Crippen molar-refractivity contribution >= 4 is 5.91 Å². The third-order valence-electron chi connectivity index (χ3n) is 4.13. The molecule has 0 bridgehead atoms. The Balaban J connectivity index is 1.56. The molecule has 1 aromatic carbocycles. The summed E-state index contributed by atoms with van der Waals surface area (Å²) in [5, 5.41) is 3.13. The minimum absolute atomic E-state index is 0.167. The van der Waals surface area contributed by atoms with Gasteiger partial charge in [-0.25, -0.2) is 0 Å². The molecule has 3 rings (SSSR count). The first-order valence-electron chi connectivity index (χ1n) is 6.85. The molecule has 3 unspecified atom stereocenters. The second kappa shape index (κ2) is 4.73. The van der Waals surface area contributed by atoms with Gasteiger partial charge in [0.1, 0.15) is 0 Å². The van der Waals surface area contributed by atoms with E-state index in [1.807, 2.05) is 18.2 Å². The van der Waals surface area contributed by atoms with Crippen LogP contribution in [0.5, 0.6) is 0 Å². The first-order valence-corrected chi connectivity index (χ1v) is 6.85. The normalized spacial score (nSPS) is 27.6. The van der Waals surface area contributed by atoms with E-state index >= 15 is 0 Å². The molecule has 0 heterocycles. The molecule has 1 aromatic rings. The first-order chi connectivity index (χ1) is 8.79. The van der Waals surface area contributed by atoms with Crippen molar-refractivity contribution in [2.24, 2.45) is 17.6 Å². The molecular formula is C15H20N2O. The number of rotatable bonds is 5. The van der Waals surface area contributed by atoms with E-state index in [1.54, 1.807) is 0 Å². The third-order valence-corrected chi connectivity index (χ3v) is 4.13. The van der Waals surface area contributed by atoms with E-state index in [9.17, 15) is 4.79 Å². The molecule has 96 valence electrons. The SMILES string of the molecule is NCC(NC(=O)C1CC1c1ccccc1)C1CC1. The maximum Gasteiger partial charge on any atom is 0.224 e. The van der Waals surface area contributed by atoms with Crippen LogP contribution < -0.4 is 11.1 Å². The second-order valence-corrected chi connectivity index (χ2v) is 5.55. The van der Waals surface area contributed by atoms with E-state index in [0.717, 1.165) is 6.42 Å². The minimum atomic E-state index is 0.167. The summed E-state index contributed by atoms with van der Waals surface area (Å²) in [6.45, 7) is 0.569. The molecule has 0 spiro atoms. The summed E-state index contributed by atoms with van der Waals surface area (Å²) < 4.78 is 0. The summed E-state index contributed by atoms with van der Waals surface area (Å²) in [6, 6.07) is 10.5. The van der Waals surface area contributed by atoms with Crippen molar-refractivity contribution in [3.63, 3.8) is 0 Å². The number of benzene rings is 1. The van der Waals surface area contributed by atoms with E-state index in [-0.39, 0.29) is 17.9 Å². The van der Waals surface area contributed by atoms with Crippen molar-refractivity contribution in [1.82, 2.24) is 5.32 Å². The summed E-state index contributed by atoms with van der Waals surface area (Å²) in [7, 11) is 0. The lowest BCUT2D eigenvalue weighted by Crippen LogP contribution is -2.42. The zero-order valence-electron chi connectivity index (χ0n) is 10.5. The Morgan fingerprint density at radius 2 is 2.06 bits per heavy atom. The maximum absolute atomic E-state index is 12.1. The van der Waals surface area contributed by atoms with Crippen molar-refractivity contribution in [2.75, 3.05) is 6.54 Å². The molecule has 2 fully saturated rings. The Bertz CT molecular complexity index is 427. The molecule has 3 atom stereocenters. The highest BCUT2D eigenvalue weighted by Crippen LogP contribution is 2.47. The lowest BCUT2D eigenvalue weighted by molar-refractivity contribution is -0.123. The fraction of sp³-hybridized carbons (Fsp3) is 0.533. The number of hydrogen-bond acceptors (Lipinski definition) is 2. The Morgan fingerprint density at radius 3 is 2.67 bits per heavy atom. The predicted molar refractivity (Wildman–Crippen MR) is 71.0 cm³/mol. The number of hydrogen-bond donors (Lipinski definition) is 2. The highest BCUT2D eigenvalue weighted by Gasteiger charge is 2.45. The molecule has 0 aliphatic heterocycles. The maximum atomic E-state index is 12.1. The van der Waals surface area contributed by atoms with Crippen LogP contribution in [0, 0.1) is 11.8 Å². The number of nitrogens with one attached hydrogen (secondary N) is 1. The van der Waals surface area contributed by atoms with Gasteiger partial charge in [-0.3, -0.25) is 4.79 Å². The van der Waals surface area contributed by atoms with E-state index in [2.05, 4.69) is 17.4 Å². The van der Waals surface area contributed by atoms with Gasteiger partial charge in [0.05, 0.1) is 0 Å². The number of amides is 1. The quantitative estimate of drug-likeness (QED) is 0.827. The van der Waals surface area contributed by atoms with Crippen LogP contribution in [-0.2, 0) is 4.79 Å². The molecule has 3 nitrogen and oxygen atoms in total. The summed E-state index contributed by atoms with van der Waals surface area (Å²) in [4.78, 5) is 12.1. The van der Waals surface area contributed by atoms with Crippen molar-refractivity contribution in [1.29, 1.82) is 0 Å². The number of nitrogens with two attached hydrogens (primary N) is 1. The Labute approximate surface area is 108 Å². The fourth-order valence-corrected chi connectivity index (χ4v) is 2.71. The van der Waals surface area contributed by atoms with Gasteiger partial charge in [-0.15, -0.1) is 0 Å². The molecule has 2 aliphatic rings. The summed E-state index contributed by atoms with van der Waals surface area (Å²) in [5.41, 5.74) is 7.00. The van der Waals surface area contributed by atoms with Crippen LogP contribution in [0.25, 0.3) is 0 Å². The highest BCUT2D eigenvalue weighted by molar-refractivity contribution is 5.83. The Morgan fingerprint density at radius 1 is 1.33 bits per heavy atom.